The Balaban J connectivity index is 2.02. The van der Waals surface area contributed by atoms with E-state index >= 15 is 0 Å². The van der Waals surface area contributed by atoms with Crippen LogP contribution >= 0.6 is 11.6 Å². The molecule has 1 N–H and O–H groups in total. The molecule has 2 rings (SSSR count). The minimum Gasteiger partial charge on any atom is -0.508 e. The van der Waals surface area contributed by atoms with Crippen LogP contribution in [0.1, 0.15) is 5.56 Å². The number of phenolic OH excluding ortho intramolecular Hbond substituents is 1. The molecule has 0 unspecified atom stereocenters. The van der Waals surface area contributed by atoms with E-state index in [2.05, 4.69) is 0 Å². The molecule has 0 radical (unpaired) electrons. The van der Waals surface area contributed by atoms with Gasteiger partial charge in [-0.2, -0.15) is 0 Å². The maximum absolute atomic E-state index is 12.9. The minimum absolute atomic E-state index is 0.0804. The summed E-state index contributed by atoms with van der Waals surface area (Å²) in [6, 6.07) is 10.8. The standard InChI is InChI=1S/C13H10ClFO2/c14-12-7-9(1-6-13(12)15)8-17-11-4-2-10(16)3-5-11/h1-7,16H,8H2. The molecule has 88 valence electrons. The lowest BCUT2D eigenvalue weighted by Crippen LogP contribution is -1.95. The first-order chi connectivity index (χ1) is 8.15. The van der Waals surface area contributed by atoms with Gasteiger partial charge in [0.1, 0.15) is 23.9 Å². The molecule has 0 heterocycles. The van der Waals surface area contributed by atoms with Crippen LogP contribution in [0.3, 0.4) is 0 Å². The number of ether oxygens (including phenoxy) is 1. The summed E-state index contributed by atoms with van der Waals surface area (Å²) in [5.41, 5.74) is 0.782. The van der Waals surface area contributed by atoms with E-state index in [1.807, 2.05) is 0 Å². The lowest BCUT2D eigenvalue weighted by molar-refractivity contribution is 0.305. The van der Waals surface area contributed by atoms with Crippen molar-refractivity contribution >= 4 is 11.6 Å². The highest BCUT2D eigenvalue weighted by atomic mass is 35.5. The van der Waals surface area contributed by atoms with Gasteiger partial charge in [-0.3, -0.25) is 0 Å². The van der Waals surface area contributed by atoms with Crippen molar-refractivity contribution in [3.63, 3.8) is 0 Å². The number of benzene rings is 2. The number of hydrogen-bond acceptors (Lipinski definition) is 2. The SMILES string of the molecule is Oc1ccc(OCc2ccc(F)c(Cl)c2)cc1. The zero-order valence-electron chi connectivity index (χ0n) is 8.86. The summed E-state index contributed by atoms with van der Waals surface area (Å²) < 4.78 is 18.4. The maximum atomic E-state index is 12.9. The Morgan fingerprint density at radius 1 is 1.12 bits per heavy atom. The van der Waals surface area contributed by atoms with Crippen molar-refractivity contribution in [1.82, 2.24) is 0 Å². The van der Waals surface area contributed by atoms with E-state index in [1.165, 1.54) is 24.3 Å². The molecule has 0 amide bonds. The molecule has 0 bridgehead atoms. The molecule has 0 aliphatic carbocycles. The summed E-state index contributed by atoms with van der Waals surface area (Å²) in [6.45, 7) is 0.296. The monoisotopic (exact) mass is 252 g/mol. The summed E-state index contributed by atoms with van der Waals surface area (Å²) in [5.74, 6) is 0.366. The van der Waals surface area contributed by atoms with Crippen molar-refractivity contribution < 1.29 is 14.2 Å². The van der Waals surface area contributed by atoms with Gasteiger partial charge in [0.05, 0.1) is 5.02 Å². The van der Waals surface area contributed by atoms with Crippen LogP contribution in [-0.2, 0) is 6.61 Å². The Labute approximate surface area is 103 Å². The van der Waals surface area contributed by atoms with Gasteiger partial charge in [0.15, 0.2) is 0 Å². The maximum Gasteiger partial charge on any atom is 0.141 e. The Morgan fingerprint density at radius 2 is 1.82 bits per heavy atom. The first-order valence-corrected chi connectivity index (χ1v) is 5.39. The Bertz CT molecular complexity index is 511. The fourth-order valence-electron chi connectivity index (χ4n) is 1.34. The second-order valence-electron chi connectivity index (χ2n) is 3.53. The molecular weight excluding hydrogens is 243 g/mol. The predicted octanol–water partition coefficient (Wildman–Crippen LogP) is 3.76. The summed E-state index contributed by atoms with van der Waals surface area (Å²) in [4.78, 5) is 0. The molecular formula is C13H10ClFO2. The molecule has 2 aromatic carbocycles. The largest absolute Gasteiger partial charge is 0.508 e. The van der Waals surface area contributed by atoms with Gasteiger partial charge in [-0.05, 0) is 42.0 Å². The van der Waals surface area contributed by atoms with Crippen LogP contribution in [0.4, 0.5) is 4.39 Å². The number of hydrogen-bond donors (Lipinski definition) is 1. The van der Waals surface area contributed by atoms with E-state index in [-0.39, 0.29) is 10.8 Å². The van der Waals surface area contributed by atoms with Gasteiger partial charge in [0.2, 0.25) is 0 Å². The Hall–Kier alpha value is -1.74. The molecule has 0 aromatic heterocycles. The van der Waals surface area contributed by atoms with E-state index in [4.69, 9.17) is 21.4 Å². The molecule has 0 aliphatic rings. The molecule has 0 atom stereocenters. The van der Waals surface area contributed by atoms with Gasteiger partial charge in [0.25, 0.3) is 0 Å². The second-order valence-corrected chi connectivity index (χ2v) is 3.94. The molecule has 0 aliphatic heterocycles. The normalized spacial score (nSPS) is 10.2. The van der Waals surface area contributed by atoms with Gasteiger partial charge in [0, 0.05) is 0 Å². The molecule has 0 fully saturated rings. The van der Waals surface area contributed by atoms with Crippen LogP contribution in [0, 0.1) is 5.82 Å². The third-order valence-electron chi connectivity index (χ3n) is 2.23. The van der Waals surface area contributed by atoms with Gasteiger partial charge in [-0.1, -0.05) is 17.7 Å². The van der Waals surface area contributed by atoms with Crippen molar-refractivity contribution in [3.05, 3.63) is 58.9 Å². The van der Waals surface area contributed by atoms with Crippen LogP contribution in [0.15, 0.2) is 42.5 Å². The highest BCUT2D eigenvalue weighted by molar-refractivity contribution is 6.30. The van der Waals surface area contributed by atoms with Gasteiger partial charge in [-0.25, -0.2) is 4.39 Å². The molecule has 0 spiro atoms. The summed E-state index contributed by atoms with van der Waals surface area (Å²) in [7, 11) is 0. The average Bonchev–Trinajstić information content (AvgIpc) is 2.33. The van der Waals surface area contributed by atoms with Crippen molar-refractivity contribution in [3.8, 4) is 11.5 Å². The third-order valence-corrected chi connectivity index (χ3v) is 2.52. The van der Waals surface area contributed by atoms with E-state index in [0.717, 1.165) is 5.56 Å². The van der Waals surface area contributed by atoms with Crippen molar-refractivity contribution in [2.45, 2.75) is 6.61 Å². The number of halogens is 2. The third kappa shape index (κ3) is 3.11. The summed E-state index contributed by atoms with van der Waals surface area (Å²) in [5, 5.41) is 9.17. The quantitative estimate of drug-likeness (QED) is 0.901. The highest BCUT2D eigenvalue weighted by Gasteiger charge is 2.01. The minimum atomic E-state index is -0.444. The van der Waals surface area contributed by atoms with Crippen molar-refractivity contribution in [1.29, 1.82) is 0 Å². The predicted molar refractivity (Wildman–Crippen MR) is 63.8 cm³/mol. The van der Waals surface area contributed by atoms with Crippen molar-refractivity contribution in [2.24, 2.45) is 0 Å². The fraction of sp³-hybridized carbons (Fsp3) is 0.0769. The van der Waals surface area contributed by atoms with Crippen LogP contribution in [0.2, 0.25) is 5.02 Å². The smallest absolute Gasteiger partial charge is 0.141 e. The number of rotatable bonds is 3. The van der Waals surface area contributed by atoms with Crippen LogP contribution < -0.4 is 4.74 Å². The highest BCUT2D eigenvalue weighted by Crippen LogP contribution is 2.19. The Kier molecular flexibility index (Phi) is 3.49. The van der Waals surface area contributed by atoms with Crippen LogP contribution in [-0.4, -0.2) is 5.11 Å². The summed E-state index contributed by atoms with van der Waals surface area (Å²) >= 11 is 5.65. The van der Waals surface area contributed by atoms with Gasteiger partial charge in [-0.15, -0.1) is 0 Å². The number of aromatic hydroxyl groups is 1. The molecule has 4 heteroatoms. The van der Waals surface area contributed by atoms with E-state index in [0.29, 0.717) is 12.4 Å². The Morgan fingerprint density at radius 3 is 2.47 bits per heavy atom. The molecule has 2 nitrogen and oxygen atoms in total. The first kappa shape index (κ1) is 11.7. The zero-order valence-corrected chi connectivity index (χ0v) is 9.62. The van der Waals surface area contributed by atoms with E-state index in [1.54, 1.807) is 18.2 Å². The van der Waals surface area contributed by atoms with E-state index < -0.39 is 5.82 Å². The summed E-state index contributed by atoms with van der Waals surface area (Å²) in [6.07, 6.45) is 0. The van der Waals surface area contributed by atoms with Crippen LogP contribution in [0.25, 0.3) is 0 Å². The van der Waals surface area contributed by atoms with E-state index in [9.17, 15) is 4.39 Å². The molecule has 0 saturated heterocycles. The van der Waals surface area contributed by atoms with Crippen LogP contribution in [0.5, 0.6) is 11.5 Å². The van der Waals surface area contributed by atoms with Crippen molar-refractivity contribution in [2.75, 3.05) is 0 Å². The van der Waals surface area contributed by atoms with Gasteiger partial charge >= 0.3 is 0 Å². The fourth-order valence-corrected chi connectivity index (χ4v) is 1.54. The molecule has 17 heavy (non-hydrogen) atoms. The average molecular weight is 253 g/mol. The molecule has 2 aromatic rings. The lowest BCUT2D eigenvalue weighted by Gasteiger charge is -2.06. The molecule has 0 saturated carbocycles. The topological polar surface area (TPSA) is 29.5 Å². The second kappa shape index (κ2) is 5.06. The van der Waals surface area contributed by atoms with Gasteiger partial charge < -0.3 is 9.84 Å². The first-order valence-electron chi connectivity index (χ1n) is 5.01. The number of phenols is 1. The zero-order chi connectivity index (χ0) is 12.3. The lowest BCUT2D eigenvalue weighted by atomic mass is 10.2.